The van der Waals surface area contributed by atoms with Gasteiger partial charge in [-0.1, -0.05) is 30.8 Å². The second kappa shape index (κ2) is 7.79. The number of nitrogens with one attached hydrogen (secondary N) is 1. The Morgan fingerprint density at radius 1 is 1.24 bits per heavy atom. The van der Waals surface area contributed by atoms with Crippen LogP contribution in [0, 0.1) is 5.92 Å². The Bertz CT molecular complexity index is 749. The smallest absolute Gasteiger partial charge is 0.245 e. The summed E-state index contributed by atoms with van der Waals surface area (Å²) in [6, 6.07) is 9.92. The molecule has 1 fully saturated rings. The molecule has 1 saturated heterocycles. The number of rotatable bonds is 7. The number of carbonyl (C=O) groups excluding carboxylic acids is 2. The van der Waals surface area contributed by atoms with Crippen molar-refractivity contribution < 1.29 is 9.59 Å². The summed E-state index contributed by atoms with van der Waals surface area (Å²) in [6.07, 6.45) is 5.43. The normalized spacial score (nSPS) is 14.0. The largest absolute Gasteiger partial charge is 0.352 e. The number of amides is 2. The minimum atomic E-state index is -0.0655. The van der Waals surface area contributed by atoms with Gasteiger partial charge in [-0.15, -0.1) is 0 Å². The van der Waals surface area contributed by atoms with Crippen molar-refractivity contribution in [2.75, 3.05) is 13.1 Å². The van der Waals surface area contributed by atoms with Crippen molar-refractivity contribution in [3.05, 3.63) is 66.5 Å². The van der Waals surface area contributed by atoms with E-state index in [-0.39, 0.29) is 17.7 Å². The molecule has 1 N–H and O–H groups in total. The molecule has 0 spiro atoms. The first-order chi connectivity index (χ1) is 12.2. The molecule has 0 atom stereocenters. The molecular formula is C19H22N4O2. The fraction of sp³-hybridized carbons (Fsp3) is 0.316. The molecule has 2 aromatic rings. The molecule has 3 rings (SSSR count). The highest BCUT2D eigenvalue weighted by Crippen LogP contribution is 2.19. The van der Waals surface area contributed by atoms with Crippen LogP contribution in [-0.2, 0) is 22.7 Å². The summed E-state index contributed by atoms with van der Waals surface area (Å²) in [6.45, 7) is 5.92. The Morgan fingerprint density at radius 2 is 2.00 bits per heavy atom. The first-order valence-electron chi connectivity index (χ1n) is 8.38. The van der Waals surface area contributed by atoms with E-state index < -0.39 is 0 Å². The highest BCUT2D eigenvalue weighted by atomic mass is 16.2. The third kappa shape index (κ3) is 4.35. The van der Waals surface area contributed by atoms with Crippen molar-refractivity contribution in [3.8, 4) is 0 Å². The average molecular weight is 338 g/mol. The fourth-order valence-electron chi connectivity index (χ4n) is 2.99. The van der Waals surface area contributed by atoms with E-state index in [4.69, 9.17) is 0 Å². The van der Waals surface area contributed by atoms with E-state index in [1.54, 1.807) is 11.1 Å². The Morgan fingerprint density at radius 3 is 2.68 bits per heavy atom. The summed E-state index contributed by atoms with van der Waals surface area (Å²) in [4.78, 5) is 25.2. The molecule has 2 amide bonds. The molecule has 0 unspecified atom stereocenters. The summed E-state index contributed by atoms with van der Waals surface area (Å²) in [5, 5.41) is 7.21. The van der Waals surface area contributed by atoms with Gasteiger partial charge in [-0.25, -0.2) is 0 Å². The Kier molecular flexibility index (Phi) is 5.28. The quantitative estimate of drug-likeness (QED) is 0.780. The van der Waals surface area contributed by atoms with Gasteiger partial charge >= 0.3 is 0 Å². The maximum atomic E-state index is 12.1. The zero-order chi connectivity index (χ0) is 17.6. The highest BCUT2D eigenvalue weighted by molar-refractivity contribution is 5.87. The lowest BCUT2D eigenvalue weighted by atomic mass is 9.95. The van der Waals surface area contributed by atoms with Gasteiger partial charge in [0.25, 0.3) is 0 Å². The van der Waals surface area contributed by atoms with Gasteiger partial charge in [-0.3, -0.25) is 14.3 Å². The van der Waals surface area contributed by atoms with E-state index in [2.05, 4.69) is 17.0 Å². The van der Waals surface area contributed by atoms with Gasteiger partial charge in [0.15, 0.2) is 0 Å². The second-order valence-corrected chi connectivity index (χ2v) is 6.27. The molecule has 0 radical (unpaired) electrons. The van der Waals surface area contributed by atoms with Gasteiger partial charge in [0, 0.05) is 44.4 Å². The first-order valence-corrected chi connectivity index (χ1v) is 8.38. The van der Waals surface area contributed by atoms with Crippen LogP contribution in [0.2, 0.25) is 0 Å². The van der Waals surface area contributed by atoms with Crippen LogP contribution in [0.3, 0.4) is 0 Å². The maximum Gasteiger partial charge on any atom is 0.245 e. The Labute approximate surface area is 147 Å². The van der Waals surface area contributed by atoms with Crippen molar-refractivity contribution in [1.82, 2.24) is 20.0 Å². The van der Waals surface area contributed by atoms with Crippen molar-refractivity contribution >= 4 is 11.8 Å². The van der Waals surface area contributed by atoms with Gasteiger partial charge in [0.1, 0.15) is 0 Å². The summed E-state index contributed by atoms with van der Waals surface area (Å²) in [5.41, 5.74) is 2.22. The summed E-state index contributed by atoms with van der Waals surface area (Å²) in [5.74, 6) is 0.192. The third-order valence-electron chi connectivity index (χ3n) is 4.40. The fourth-order valence-corrected chi connectivity index (χ4v) is 2.99. The zero-order valence-electron chi connectivity index (χ0n) is 14.1. The molecular weight excluding hydrogens is 316 g/mol. The van der Waals surface area contributed by atoms with E-state index in [1.165, 1.54) is 6.08 Å². The van der Waals surface area contributed by atoms with Gasteiger partial charge < -0.3 is 10.2 Å². The molecule has 25 heavy (non-hydrogen) atoms. The van der Waals surface area contributed by atoms with Crippen molar-refractivity contribution in [3.63, 3.8) is 0 Å². The number of carbonyl (C=O) groups is 2. The predicted molar refractivity (Wildman–Crippen MR) is 94.5 cm³/mol. The van der Waals surface area contributed by atoms with E-state index in [0.717, 1.165) is 11.1 Å². The van der Waals surface area contributed by atoms with E-state index in [1.807, 2.05) is 41.2 Å². The van der Waals surface area contributed by atoms with Crippen LogP contribution in [0.25, 0.3) is 0 Å². The topological polar surface area (TPSA) is 67.2 Å². The Hall–Kier alpha value is -2.89. The van der Waals surface area contributed by atoms with Crippen molar-refractivity contribution in [2.45, 2.75) is 19.5 Å². The van der Waals surface area contributed by atoms with Crippen LogP contribution in [0.4, 0.5) is 0 Å². The summed E-state index contributed by atoms with van der Waals surface area (Å²) in [7, 11) is 0. The number of hydrogen-bond acceptors (Lipinski definition) is 3. The molecule has 1 aliphatic rings. The van der Waals surface area contributed by atoms with Crippen LogP contribution in [0.15, 0.2) is 55.4 Å². The Balaban J connectivity index is 1.48. The van der Waals surface area contributed by atoms with Crippen LogP contribution in [-0.4, -0.2) is 39.6 Å². The average Bonchev–Trinajstić information content (AvgIpc) is 3.09. The lowest BCUT2D eigenvalue weighted by Gasteiger charge is -2.38. The molecule has 130 valence electrons. The number of aromatic nitrogens is 2. The van der Waals surface area contributed by atoms with E-state index in [9.17, 15) is 9.59 Å². The number of likely N-dealkylation sites (tertiary alicyclic amines) is 1. The summed E-state index contributed by atoms with van der Waals surface area (Å²) >= 11 is 0. The van der Waals surface area contributed by atoms with Crippen molar-refractivity contribution in [2.24, 2.45) is 5.92 Å². The molecule has 1 aromatic carbocycles. The van der Waals surface area contributed by atoms with Gasteiger partial charge in [-0.05, 0) is 23.3 Å². The number of nitrogens with zero attached hydrogens (tertiary/aromatic N) is 3. The lowest BCUT2D eigenvalue weighted by Crippen LogP contribution is -2.50. The minimum Gasteiger partial charge on any atom is -0.352 e. The highest BCUT2D eigenvalue weighted by Gasteiger charge is 2.30. The predicted octanol–water partition coefficient (Wildman–Crippen LogP) is 1.58. The maximum absolute atomic E-state index is 12.1. The van der Waals surface area contributed by atoms with Gasteiger partial charge in [0.2, 0.25) is 11.8 Å². The van der Waals surface area contributed by atoms with Gasteiger partial charge in [0.05, 0.1) is 6.54 Å². The van der Waals surface area contributed by atoms with Crippen LogP contribution in [0.1, 0.15) is 17.5 Å². The lowest BCUT2D eigenvalue weighted by molar-refractivity contribution is -0.135. The van der Waals surface area contributed by atoms with Crippen LogP contribution in [0.5, 0.6) is 0 Å². The van der Waals surface area contributed by atoms with Crippen molar-refractivity contribution in [1.29, 1.82) is 0 Å². The van der Waals surface area contributed by atoms with E-state index in [0.29, 0.717) is 32.6 Å². The molecule has 0 aliphatic carbocycles. The third-order valence-corrected chi connectivity index (χ3v) is 4.40. The van der Waals surface area contributed by atoms with Gasteiger partial charge in [-0.2, -0.15) is 5.10 Å². The van der Waals surface area contributed by atoms with Crippen LogP contribution >= 0.6 is 0 Å². The minimum absolute atomic E-state index is 0.0181. The first kappa shape index (κ1) is 17.0. The monoisotopic (exact) mass is 338 g/mol. The number of benzene rings is 1. The molecule has 6 nitrogen and oxygen atoms in total. The number of hydrogen-bond donors (Lipinski definition) is 1. The molecule has 1 aromatic heterocycles. The SMILES string of the molecule is C=CC(=O)N1CC(CC(=O)NCc2ccccc2Cn2cccn2)C1. The van der Waals surface area contributed by atoms with Crippen LogP contribution < -0.4 is 5.32 Å². The molecule has 6 heteroatoms. The van der Waals surface area contributed by atoms with E-state index >= 15 is 0 Å². The zero-order valence-corrected chi connectivity index (χ0v) is 14.1. The second-order valence-electron chi connectivity index (χ2n) is 6.27. The molecule has 0 saturated carbocycles. The summed E-state index contributed by atoms with van der Waals surface area (Å²) < 4.78 is 1.86. The standard InChI is InChI=1S/C19H22N4O2/c1-2-19(25)22-12-15(13-22)10-18(24)20-11-16-6-3-4-7-17(16)14-23-9-5-8-21-23/h2-9,15H,1,10-14H2,(H,20,24). The molecule has 0 bridgehead atoms. The molecule has 2 heterocycles. The molecule has 1 aliphatic heterocycles.